The van der Waals surface area contributed by atoms with E-state index in [0.29, 0.717) is 10.0 Å². The van der Waals surface area contributed by atoms with Crippen molar-refractivity contribution in [3.8, 4) is 0 Å². The summed E-state index contributed by atoms with van der Waals surface area (Å²) in [6.07, 6.45) is 1.00. The molecule has 3 nitrogen and oxygen atoms in total. The minimum absolute atomic E-state index is 0.162. The Balaban J connectivity index is 2.01. The quantitative estimate of drug-likeness (QED) is 0.862. The number of carbonyl (C=O) groups is 1. The monoisotopic (exact) mass is 332 g/mol. The SMILES string of the molecule is CC(Sc1cc(Cl)ccc1Cl)C(=O)N1CCCNCC1. The zero-order valence-corrected chi connectivity index (χ0v) is 13.7. The van der Waals surface area contributed by atoms with Crippen molar-refractivity contribution < 1.29 is 4.79 Å². The molecule has 1 unspecified atom stereocenters. The number of nitrogens with zero attached hydrogens (tertiary/aromatic N) is 1. The van der Waals surface area contributed by atoms with Gasteiger partial charge in [-0.2, -0.15) is 0 Å². The lowest BCUT2D eigenvalue weighted by Crippen LogP contribution is -2.38. The van der Waals surface area contributed by atoms with Crippen molar-refractivity contribution >= 4 is 40.9 Å². The predicted octanol–water partition coefficient (Wildman–Crippen LogP) is 3.30. The molecule has 0 saturated carbocycles. The summed E-state index contributed by atoms with van der Waals surface area (Å²) in [6, 6.07) is 5.32. The molecule has 0 bridgehead atoms. The lowest BCUT2D eigenvalue weighted by atomic mass is 10.3. The Labute approximate surface area is 134 Å². The van der Waals surface area contributed by atoms with Crippen LogP contribution in [-0.2, 0) is 4.79 Å². The molecule has 1 heterocycles. The number of hydrogen-bond donors (Lipinski definition) is 1. The van der Waals surface area contributed by atoms with E-state index in [9.17, 15) is 4.79 Å². The molecular weight excluding hydrogens is 315 g/mol. The molecule has 1 amide bonds. The molecule has 2 rings (SSSR count). The van der Waals surface area contributed by atoms with Crippen LogP contribution >= 0.6 is 35.0 Å². The number of thioether (sulfide) groups is 1. The minimum Gasteiger partial charge on any atom is -0.340 e. The molecule has 1 aliphatic rings. The normalized spacial score (nSPS) is 17.6. The average molecular weight is 333 g/mol. The third-order valence-electron chi connectivity index (χ3n) is 3.20. The van der Waals surface area contributed by atoms with Gasteiger partial charge in [0.05, 0.1) is 10.3 Å². The van der Waals surface area contributed by atoms with E-state index in [2.05, 4.69) is 5.32 Å². The third kappa shape index (κ3) is 4.29. The van der Waals surface area contributed by atoms with E-state index in [1.807, 2.05) is 17.9 Å². The van der Waals surface area contributed by atoms with Gasteiger partial charge < -0.3 is 10.2 Å². The molecule has 110 valence electrons. The molecule has 1 saturated heterocycles. The van der Waals surface area contributed by atoms with Gasteiger partial charge in [-0.15, -0.1) is 11.8 Å². The first-order chi connectivity index (χ1) is 9.58. The number of hydrogen-bond acceptors (Lipinski definition) is 3. The highest BCUT2D eigenvalue weighted by Gasteiger charge is 2.22. The molecule has 1 aliphatic heterocycles. The Morgan fingerprint density at radius 1 is 1.35 bits per heavy atom. The Bertz CT molecular complexity index is 476. The van der Waals surface area contributed by atoms with Crippen LogP contribution in [0.4, 0.5) is 0 Å². The molecule has 1 N–H and O–H groups in total. The summed E-state index contributed by atoms with van der Waals surface area (Å²) in [5.74, 6) is 0.162. The fourth-order valence-corrected chi connectivity index (χ4v) is 3.63. The smallest absolute Gasteiger partial charge is 0.235 e. The highest BCUT2D eigenvalue weighted by Crippen LogP contribution is 2.33. The first-order valence-corrected chi connectivity index (χ1v) is 8.32. The Kier molecular flexibility index (Phi) is 6.02. The third-order valence-corrected chi connectivity index (χ3v) is 5.02. The van der Waals surface area contributed by atoms with Gasteiger partial charge in [-0.3, -0.25) is 4.79 Å². The second-order valence-corrected chi connectivity index (χ2v) is 6.99. The summed E-state index contributed by atoms with van der Waals surface area (Å²) >= 11 is 13.6. The molecule has 1 aromatic rings. The molecule has 0 aliphatic carbocycles. The molecule has 1 fully saturated rings. The highest BCUT2D eigenvalue weighted by atomic mass is 35.5. The van der Waals surface area contributed by atoms with Crippen LogP contribution in [0.25, 0.3) is 0 Å². The zero-order chi connectivity index (χ0) is 14.5. The molecule has 6 heteroatoms. The standard InChI is InChI=1S/C14H18Cl2N2OS/c1-10(14(19)18-7-2-5-17-6-8-18)20-13-9-11(15)3-4-12(13)16/h3-4,9-10,17H,2,5-8H2,1H3. The second kappa shape index (κ2) is 7.55. The van der Waals surface area contributed by atoms with Gasteiger partial charge in [-0.25, -0.2) is 0 Å². The van der Waals surface area contributed by atoms with E-state index in [1.165, 1.54) is 11.8 Å². The van der Waals surface area contributed by atoms with Crippen molar-refractivity contribution in [3.63, 3.8) is 0 Å². The van der Waals surface area contributed by atoms with Crippen LogP contribution in [0, 0.1) is 0 Å². The van der Waals surface area contributed by atoms with Crippen molar-refractivity contribution in [2.45, 2.75) is 23.5 Å². The highest BCUT2D eigenvalue weighted by molar-refractivity contribution is 8.00. The van der Waals surface area contributed by atoms with Gasteiger partial charge in [0.2, 0.25) is 5.91 Å². The van der Waals surface area contributed by atoms with Crippen LogP contribution in [0.1, 0.15) is 13.3 Å². The largest absolute Gasteiger partial charge is 0.340 e. The lowest BCUT2D eigenvalue weighted by Gasteiger charge is -2.23. The maximum Gasteiger partial charge on any atom is 0.235 e. The van der Waals surface area contributed by atoms with Crippen molar-refractivity contribution in [1.29, 1.82) is 0 Å². The maximum absolute atomic E-state index is 12.5. The minimum atomic E-state index is -0.163. The number of amides is 1. The van der Waals surface area contributed by atoms with Crippen molar-refractivity contribution in [3.05, 3.63) is 28.2 Å². The van der Waals surface area contributed by atoms with Crippen LogP contribution in [0.5, 0.6) is 0 Å². The number of carbonyl (C=O) groups excluding carboxylic acids is 1. The van der Waals surface area contributed by atoms with Crippen LogP contribution in [0.3, 0.4) is 0 Å². The van der Waals surface area contributed by atoms with E-state index >= 15 is 0 Å². The summed E-state index contributed by atoms with van der Waals surface area (Å²) in [5.41, 5.74) is 0. The fourth-order valence-electron chi connectivity index (χ4n) is 2.13. The van der Waals surface area contributed by atoms with E-state index in [1.54, 1.807) is 12.1 Å². The molecule has 0 aromatic heterocycles. The van der Waals surface area contributed by atoms with Gasteiger partial charge in [-0.1, -0.05) is 23.2 Å². The van der Waals surface area contributed by atoms with Crippen molar-refractivity contribution in [2.24, 2.45) is 0 Å². The fraction of sp³-hybridized carbons (Fsp3) is 0.500. The Morgan fingerprint density at radius 3 is 2.95 bits per heavy atom. The summed E-state index contributed by atoms with van der Waals surface area (Å²) in [4.78, 5) is 15.2. The number of rotatable bonds is 3. The summed E-state index contributed by atoms with van der Waals surface area (Å²) in [5, 5.41) is 4.41. The lowest BCUT2D eigenvalue weighted by molar-refractivity contribution is -0.130. The molecule has 1 atom stereocenters. The van der Waals surface area contributed by atoms with Crippen LogP contribution < -0.4 is 5.32 Å². The number of nitrogens with one attached hydrogen (secondary N) is 1. The van der Waals surface area contributed by atoms with Gasteiger partial charge in [0.15, 0.2) is 0 Å². The zero-order valence-electron chi connectivity index (χ0n) is 11.4. The van der Waals surface area contributed by atoms with Gasteiger partial charge >= 0.3 is 0 Å². The Hall–Kier alpha value is -0.420. The van der Waals surface area contributed by atoms with Crippen LogP contribution in [-0.4, -0.2) is 42.2 Å². The molecule has 0 radical (unpaired) electrons. The van der Waals surface area contributed by atoms with Crippen molar-refractivity contribution in [2.75, 3.05) is 26.2 Å². The van der Waals surface area contributed by atoms with Crippen LogP contribution in [0.2, 0.25) is 10.0 Å². The summed E-state index contributed by atoms with van der Waals surface area (Å²) < 4.78 is 0. The maximum atomic E-state index is 12.5. The first kappa shape index (κ1) is 16.0. The second-order valence-electron chi connectivity index (χ2n) is 4.76. The average Bonchev–Trinajstić information content (AvgIpc) is 2.71. The molecule has 20 heavy (non-hydrogen) atoms. The summed E-state index contributed by atoms with van der Waals surface area (Å²) in [7, 11) is 0. The predicted molar refractivity (Wildman–Crippen MR) is 85.8 cm³/mol. The van der Waals surface area contributed by atoms with E-state index in [0.717, 1.165) is 37.5 Å². The Morgan fingerprint density at radius 2 is 2.15 bits per heavy atom. The molecule has 0 spiro atoms. The van der Waals surface area contributed by atoms with Gasteiger partial charge in [0, 0.05) is 29.6 Å². The van der Waals surface area contributed by atoms with E-state index < -0.39 is 0 Å². The summed E-state index contributed by atoms with van der Waals surface area (Å²) in [6.45, 7) is 5.35. The molecule has 1 aromatic carbocycles. The van der Waals surface area contributed by atoms with E-state index in [-0.39, 0.29) is 11.2 Å². The van der Waals surface area contributed by atoms with Gasteiger partial charge in [0.1, 0.15) is 0 Å². The molecular formula is C14H18Cl2N2OS. The van der Waals surface area contributed by atoms with Crippen molar-refractivity contribution in [1.82, 2.24) is 10.2 Å². The van der Waals surface area contributed by atoms with Gasteiger partial charge in [-0.05, 0) is 38.1 Å². The number of halogens is 2. The van der Waals surface area contributed by atoms with E-state index in [4.69, 9.17) is 23.2 Å². The number of benzene rings is 1. The first-order valence-electron chi connectivity index (χ1n) is 6.69. The topological polar surface area (TPSA) is 32.3 Å². The van der Waals surface area contributed by atoms with Gasteiger partial charge in [0.25, 0.3) is 0 Å². The van der Waals surface area contributed by atoms with Crippen LogP contribution in [0.15, 0.2) is 23.1 Å².